The molecule has 1 atom stereocenters. The first-order valence-corrected chi connectivity index (χ1v) is 5.91. The fourth-order valence-corrected chi connectivity index (χ4v) is 3.10. The zero-order valence-corrected chi connectivity index (χ0v) is 10.6. The normalized spacial score (nSPS) is 14.8. The minimum absolute atomic E-state index is 0.0897. The maximum absolute atomic E-state index is 6.31. The first kappa shape index (κ1) is 10.6. The van der Waals surface area contributed by atoms with Gasteiger partial charge in [0.25, 0.3) is 0 Å². The molecule has 0 amide bonds. The van der Waals surface area contributed by atoms with Gasteiger partial charge in [-0.3, -0.25) is 0 Å². The summed E-state index contributed by atoms with van der Waals surface area (Å²) in [7, 11) is 0. The maximum atomic E-state index is 6.31. The van der Waals surface area contributed by atoms with Crippen molar-refractivity contribution in [1.29, 1.82) is 0 Å². The molecule has 0 fully saturated rings. The van der Waals surface area contributed by atoms with Crippen LogP contribution in [0.3, 0.4) is 0 Å². The van der Waals surface area contributed by atoms with E-state index in [1.807, 2.05) is 6.07 Å². The Morgan fingerprint density at radius 1 is 1.50 bits per heavy atom. The number of hydrogen-bond donors (Lipinski definition) is 0. The Labute approximate surface area is 91.1 Å². The van der Waals surface area contributed by atoms with Gasteiger partial charge >= 0.3 is 0 Å². The van der Waals surface area contributed by atoms with Gasteiger partial charge < -0.3 is 0 Å². The molecule has 0 aliphatic heterocycles. The summed E-state index contributed by atoms with van der Waals surface area (Å²) in [5, 5.41) is 2.15. The van der Waals surface area contributed by atoms with Crippen LogP contribution in [0.4, 0.5) is 0 Å². The van der Waals surface area contributed by atoms with Crippen molar-refractivity contribution in [3.63, 3.8) is 0 Å². The van der Waals surface area contributed by atoms with E-state index in [9.17, 15) is 0 Å². The number of hydrogen-bond acceptors (Lipinski definition) is 1. The average molecular weight is 268 g/mol. The summed E-state index contributed by atoms with van der Waals surface area (Å²) in [5.41, 5.74) is 0.120. The Hall–Kier alpha value is 0.470. The molecular formula is C9H12BrClS. The van der Waals surface area contributed by atoms with Crippen molar-refractivity contribution in [3.05, 3.63) is 20.8 Å². The lowest BCUT2D eigenvalue weighted by molar-refractivity contribution is 0.398. The summed E-state index contributed by atoms with van der Waals surface area (Å²) in [4.78, 5) is 1.23. The lowest BCUT2D eigenvalue weighted by Gasteiger charge is -2.24. The number of halogens is 2. The summed E-state index contributed by atoms with van der Waals surface area (Å²) in [6, 6.07) is 2.04. The number of thiophene rings is 1. The molecule has 0 radical (unpaired) electrons. The van der Waals surface area contributed by atoms with Gasteiger partial charge in [0.1, 0.15) is 0 Å². The highest BCUT2D eigenvalue weighted by Gasteiger charge is 2.26. The molecule has 0 bridgehead atoms. The van der Waals surface area contributed by atoms with Gasteiger partial charge in [0, 0.05) is 9.35 Å². The summed E-state index contributed by atoms with van der Waals surface area (Å²) in [6.45, 7) is 6.45. The Kier molecular flexibility index (Phi) is 3.24. The van der Waals surface area contributed by atoms with Crippen LogP contribution < -0.4 is 0 Å². The second-order valence-corrected chi connectivity index (χ2v) is 6.10. The van der Waals surface area contributed by atoms with E-state index < -0.39 is 0 Å². The van der Waals surface area contributed by atoms with Gasteiger partial charge in [-0.2, -0.15) is 0 Å². The largest absolute Gasteiger partial charge is 0.146 e. The van der Waals surface area contributed by atoms with E-state index in [0.29, 0.717) is 0 Å². The highest BCUT2D eigenvalue weighted by molar-refractivity contribution is 9.10. The van der Waals surface area contributed by atoms with Crippen molar-refractivity contribution in [1.82, 2.24) is 0 Å². The number of alkyl halides is 1. The third-order valence-electron chi connectivity index (χ3n) is 1.64. The summed E-state index contributed by atoms with van der Waals surface area (Å²) in [6.07, 6.45) is 0. The second kappa shape index (κ2) is 3.69. The third-order valence-corrected chi connectivity index (χ3v) is 4.57. The molecule has 0 N–H and O–H groups in total. The van der Waals surface area contributed by atoms with Crippen molar-refractivity contribution in [2.45, 2.75) is 26.1 Å². The molecule has 0 aliphatic rings. The monoisotopic (exact) mass is 266 g/mol. The van der Waals surface area contributed by atoms with Crippen LogP contribution in [0.1, 0.15) is 31.0 Å². The van der Waals surface area contributed by atoms with E-state index in [1.165, 1.54) is 4.88 Å². The van der Waals surface area contributed by atoms with E-state index in [0.717, 1.165) is 4.47 Å². The van der Waals surface area contributed by atoms with Crippen LogP contribution in [0.15, 0.2) is 15.9 Å². The van der Waals surface area contributed by atoms with Gasteiger partial charge in [-0.25, -0.2) is 0 Å². The topological polar surface area (TPSA) is 0 Å². The van der Waals surface area contributed by atoms with Crippen molar-refractivity contribution in [2.24, 2.45) is 5.41 Å². The molecule has 1 unspecified atom stereocenters. The lowest BCUT2D eigenvalue weighted by Crippen LogP contribution is -2.12. The zero-order chi connectivity index (χ0) is 9.35. The second-order valence-electron chi connectivity index (χ2n) is 3.86. The Balaban J connectivity index is 2.92. The zero-order valence-electron chi connectivity index (χ0n) is 7.40. The van der Waals surface area contributed by atoms with Gasteiger partial charge in [-0.15, -0.1) is 22.9 Å². The molecule has 0 saturated heterocycles. The van der Waals surface area contributed by atoms with Gasteiger partial charge in [0.05, 0.1) is 5.38 Å². The van der Waals surface area contributed by atoms with Crippen LogP contribution in [0.2, 0.25) is 0 Å². The van der Waals surface area contributed by atoms with Crippen molar-refractivity contribution >= 4 is 38.9 Å². The van der Waals surface area contributed by atoms with Crippen LogP contribution in [-0.2, 0) is 0 Å². The van der Waals surface area contributed by atoms with E-state index >= 15 is 0 Å². The van der Waals surface area contributed by atoms with Crippen molar-refractivity contribution in [2.75, 3.05) is 0 Å². The molecule has 0 saturated carbocycles. The molecule has 1 aromatic heterocycles. The predicted molar refractivity (Wildman–Crippen MR) is 60.1 cm³/mol. The predicted octanol–water partition coefficient (Wildman–Crippen LogP) is 4.84. The van der Waals surface area contributed by atoms with E-state index in [1.54, 1.807) is 11.3 Å². The molecule has 0 aliphatic carbocycles. The molecule has 0 nitrogen and oxygen atoms in total. The molecule has 1 rings (SSSR count). The Bertz CT molecular complexity index is 262. The first-order valence-electron chi connectivity index (χ1n) is 3.80. The minimum Gasteiger partial charge on any atom is -0.146 e. The van der Waals surface area contributed by atoms with Crippen LogP contribution in [-0.4, -0.2) is 0 Å². The van der Waals surface area contributed by atoms with Gasteiger partial charge in [-0.1, -0.05) is 20.8 Å². The average Bonchev–Trinajstić information content (AvgIpc) is 2.31. The highest BCUT2D eigenvalue weighted by Crippen LogP contribution is 2.43. The molecule has 12 heavy (non-hydrogen) atoms. The molecule has 0 aromatic carbocycles. The van der Waals surface area contributed by atoms with Gasteiger partial charge in [-0.05, 0) is 32.8 Å². The Morgan fingerprint density at radius 2 is 2.08 bits per heavy atom. The van der Waals surface area contributed by atoms with Gasteiger partial charge in [0.15, 0.2) is 0 Å². The van der Waals surface area contributed by atoms with Crippen LogP contribution in [0, 0.1) is 5.41 Å². The van der Waals surface area contributed by atoms with Crippen LogP contribution >= 0.6 is 38.9 Å². The van der Waals surface area contributed by atoms with E-state index in [2.05, 4.69) is 42.1 Å². The third kappa shape index (κ3) is 2.24. The molecular weight excluding hydrogens is 256 g/mol. The molecule has 1 heterocycles. The molecule has 68 valence electrons. The Morgan fingerprint density at radius 3 is 2.42 bits per heavy atom. The van der Waals surface area contributed by atoms with Crippen molar-refractivity contribution < 1.29 is 0 Å². The summed E-state index contributed by atoms with van der Waals surface area (Å²) >= 11 is 11.5. The highest BCUT2D eigenvalue weighted by atomic mass is 79.9. The summed E-state index contributed by atoms with van der Waals surface area (Å²) in [5.74, 6) is 0. The van der Waals surface area contributed by atoms with E-state index in [4.69, 9.17) is 11.6 Å². The van der Waals surface area contributed by atoms with Crippen molar-refractivity contribution in [3.8, 4) is 0 Å². The fraction of sp³-hybridized carbons (Fsp3) is 0.556. The van der Waals surface area contributed by atoms with Crippen LogP contribution in [0.5, 0.6) is 0 Å². The first-order chi connectivity index (χ1) is 5.43. The molecule has 1 aromatic rings. The van der Waals surface area contributed by atoms with Gasteiger partial charge in [0.2, 0.25) is 0 Å². The standard InChI is InChI=1S/C9H12BrClS/c1-9(2,3)8(11)7-6(10)4-5-12-7/h4-5,8H,1-3H3. The van der Waals surface area contributed by atoms with Crippen LogP contribution in [0.25, 0.3) is 0 Å². The molecule has 0 spiro atoms. The smallest absolute Gasteiger partial charge is 0.0738 e. The summed E-state index contributed by atoms with van der Waals surface area (Å²) < 4.78 is 1.13. The minimum atomic E-state index is 0.0897. The fourth-order valence-electron chi connectivity index (χ4n) is 0.880. The quantitative estimate of drug-likeness (QED) is 0.639. The maximum Gasteiger partial charge on any atom is 0.0738 e. The van der Waals surface area contributed by atoms with E-state index in [-0.39, 0.29) is 10.8 Å². The SMILES string of the molecule is CC(C)(C)C(Cl)c1sccc1Br. The molecule has 3 heteroatoms. The number of rotatable bonds is 1. The lowest BCUT2D eigenvalue weighted by atomic mass is 9.91.